The first kappa shape index (κ1) is 17.0. The maximum absolute atomic E-state index is 12.3. The second kappa shape index (κ2) is 6.41. The van der Waals surface area contributed by atoms with Crippen LogP contribution in [-0.2, 0) is 10.0 Å². The van der Waals surface area contributed by atoms with Gasteiger partial charge >= 0.3 is 0 Å². The summed E-state index contributed by atoms with van der Waals surface area (Å²) in [5, 5.41) is 10.9. The number of nitrogens with one attached hydrogen (secondary N) is 1. The van der Waals surface area contributed by atoms with Crippen LogP contribution in [0.2, 0.25) is 10.0 Å². The summed E-state index contributed by atoms with van der Waals surface area (Å²) < 4.78 is 27.5. The topological polar surface area (TPSA) is 89.3 Å². The number of sulfonamides is 1. The predicted molar refractivity (Wildman–Crippen MR) is 88.1 cm³/mol. The van der Waals surface area contributed by atoms with Crippen molar-refractivity contribution in [2.75, 3.05) is 4.72 Å². The van der Waals surface area contributed by atoms with Gasteiger partial charge in [-0.25, -0.2) is 8.42 Å². The van der Waals surface area contributed by atoms with Gasteiger partial charge in [0.15, 0.2) is 0 Å². The molecule has 0 atom stereocenters. The van der Waals surface area contributed by atoms with Gasteiger partial charge in [-0.2, -0.15) is 0 Å². The van der Waals surface area contributed by atoms with Crippen LogP contribution in [0.3, 0.4) is 0 Å². The molecule has 10 heteroatoms. The molecule has 6 nitrogen and oxygen atoms in total. The van der Waals surface area contributed by atoms with E-state index in [1.165, 1.54) is 18.2 Å². The molecule has 2 rings (SSSR count). The van der Waals surface area contributed by atoms with E-state index in [0.717, 1.165) is 12.1 Å². The summed E-state index contributed by atoms with van der Waals surface area (Å²) in [6.07, 6.45) is 0. The average Bonchev–Trinajstić information content (AvgIpc) is 2.42. The Balaban J connectivity index is 2.42. The van der Waals surface area contributed by atoms with Gasteiger partial charge in [0.25, 0.3) is 15.7 Å². The van der Waals surface area contributed by atoms with E-state index >= 15 is 0 Å². The molecule has 116 valence electrons. The van der Waals surface area contributed by atoms with E-state index in [0.29, 0.717) is 4.47 Å². The van der Waals surface area contributed by atoms with Gasteiger partial charge in [-0.1, -0.05) is 39.1 Å². The van der Waals surface area contributed by atoms with Crippen molar-refractivity contribution < 1.29 is 13.3 Å². The minimum atomic E-state index is -4.03. The maximum atomic E-state index is 12.3. The minimum Gasteiger partial charge on any atom is -0.278 e. The molecule has 0 saturated heterocycles. The van der Waals surface area contributed by atoms with Crippen LogP contribution in [0.15, 0.2) is 45.8 Å². The number of rotatable bonds is 4. The molecule has 0 aromatic heterocycles. The second-order valence-corrected chi connectivity index (χ2v) is 7.51. The molecule has 0 saturated carbocycles. The van der Waals surface area contributed by atoms with Gasteiger partial charge < -0.3 is 0 Å². The molecule has 0 spiro atoms. The summed E-state index contributed by atoms with van der Waals surface area (Å²) in [4.78, 5) is 9.79. The van der Waals surface area contributed by atoms with Crippen molar-refractivity contribution in [3.8, 4) is 0 Å². The molecule has 0 fully saturated rings. The van der Waals surface area contributed by atoms with E-state index in [2.05, 4.69) is 20.7 Å². The zero-order valence-electron chi connectivity index (χ0n) is 10.6. The monoisotopic (exact) mass is 424 g/mol. The highest BCUT2D eigenvalue weighted by atomic mass is 79.9. The van der Waals surface area contributed by atoms with Crippen LogP contribution >= 0.6 is 39.1 Å². The van der Waals surface area contributed by atoms with Crippen LogP contribution in [0, 0.1) is 10.1 Å². The fourth-order valence-corrected chi connectivity index (χ4v) is 3.64. The summed E-state index contributed by atoms with van der Waals surface area (Å²) in [5.41, 5.74) is -0.339. The lowest BCUT2D eigenvalue weighted by Crippen LogP contribution is -2.13. The third kappa shape index (κ3) is 3.70. The fourth-order valence-electron chi connectivity index (χ4n) is 1.58. The molecule has 0 unspecified atom stereocenters. The summed E-state index contributed by atoms with van der Waals surface area (Å²) in [6.45, 7) is 0. The van der Waals surface area contributed by atoms with Crippen molar-refractivity contribution >= 4 is 60.5 Å². The Labute approximate surface area is 144 Å². The van der Waals surface area contributed by atoms with E-state index in [1.807, 2.05) is 0 Å². The van der Waals surface area contributed by atoms with Gasteiger partial charge in [-0.3, -0.25) is 14.8 Å². The summed E-state index contributed by atoms with van der Waals surface area (Å²) in [6, 6.07) is 7.80. The van der Waals surface area contributed by atoms with E-state index in [9.17, 15) is 18.5 Å². The van der Waals surface area contributed by atoms with Crippen molar-refractivity contribution in [3.05, 3.63) is 61.0 Å². The largest absolute Gasteiger partial charge is 0.289 e. The Morgan fingerprint density at radius 3 is 2.36 bits per heavy atom. The van der Waals surface area contributed by atoms with Gasteiger partial charge in [-0.05, 0) is 30.3 Å². The molecule has 0 amide bonds. The Morgan fingerprint density at radius 1 is 1.09 bits per heavy atom. The molecule has 22 heavy (non-hydrogen) atoms. The fraction of sp³-hybridized carbons (Fsp3) is 0. The van der Waals surface area contributed by atoms with Gasteiger partial charge in [0.1, 0.15) is 5.02 Å². The third-order valence-electron chi connectivity index (χ3n) is 2.60. The number of anilines is 1. The predicted octanol–water partition coefficient (Wildman–Crippen LogP) is 4.46. The number of hydrogen-bond acceptors (Lipinski definition) is 4. The van der Waals surface area contributed by atoms with Gasteiger partial charge in [0, 0.05) is 10.5 Å². The Kier molecular flexibility index (Phi) is 4.96. The average molecular weight is 426 g/mol. The minimum absolute atomic E-state index is 0.148. The van der Waals surface area contributed by atoms with Crippen LogP contribution in [-0.4, -0.2) is 13.3 Å². The van der Waals surface area contributed by atoms with Crippen LogP contribution < -0.4 is 4.72 Å². The molecular weight excluding hydrogens is 419 g/mol. The number of nitrogens with zero attached hydrogens (tertiary/aromatic N) is 1. The summed E-state index contributed by atoms with van der Waals surface area (Å²) in [7, 11) is -4.03. The lowest BCUT2D eigenvalue weighted by molar-refractivity contribution is -0.384. The zero-order valence-corrected chi connectivity index (χ0v) is 14.5. The molecule has 2 aromatic rings. The highest BCUT2D eigenvalue weighted by molar-refractivity contribution is 9.10. The number of hydrogen-bond donors (Lipinski definition) is 1. The van der Waals surface area contributed by atoms with Crippen molar-refractivity contribution in [2.24, 2.45) is 0 Å². The smallest absolute Gasteiger partial charge is 0.278 e. The van der Waals surface area contributed by atoms with E-state index < -0.39 is 20.6 Å². The Hall–Kier alpha value is -1.35. The number of benzene rings is 2. The molecule has 0 bridgehead atoms. The highest BCUT2D eigenvalue weighted by Gasteiger charge is 2.21. The quantitative estimate of drug-likeness (QED) is 0.578. The first-order valence-electron chi connectivity index (χ1n) is 5.62. The third-order valence-corrected chi connectivity index (χ3v) is 5.09. The van der Waals surface area contributed by atoms with Crippen LogP contribution in [0.5, 0.6) is 0 Å². The molecule has 0 aliphatic heterocycles. The molecule has 0 aliphatic carbocycles. The second-order valence-electron chi connectivity index (χ2n) is 4.10. The number of nitro groups is 1. The molecular formula is C12H7BrCl2N2O4S. The highest BCUT2D eigenvalue weighted by Crippen LogP contribution is 2.30. The first-order valence-corrected chi connectivity index (χ1v) is 8.66. The molecule has 1 N–H and O–H groups in total. The van der Waals surface area contributed by atoms with E-state index in [1.54, 1.807) is 6.07 Å². The van der Waals surface area contributed by atoms with Crippen LogP contribution in [0.25, 0.3) is 0 Å². The lowest BCUT2D eigenvalue weighted by Gasteiger charge is -2.10. The zero-order chi connectivity index (χ0) is 16.5. The molecule has 0 aliphatic rings. The number of nitro benzene ring substituents is 1. The number of halogens is 3. The van der Waals surface area contributed by atoms with Gasteiger partial charge in [-0.15, -0.1) is 0 Å². The molecule has 0 heterocycles. The summed E-state index contributed by atoms with van der Waals surface area (Å²) in [5.74, 6) is 0. The van der Waals surface area contributed by atoms with Gasteiger partial charge in [0.2, 0.25) is 0 Å². The first-order chi connectivity index (χ1) is 10.2. The Morgan fingerprint density at radius 2 is 1.77 bits per heavy atom. The van der Waals surface area contributed by atoms with Gasteiger partial charge in [0.05, 0.1) is 20.5 Å². The SMILES string of the molecule is O=[N+]([O-])c1cc(S(=O)(=O)Nc2ccc(Br)cc2Cl)ccc1Cl. The van der Waals surface area contributed by atoms with Crippen molar-refractivity contribution in [1.82, 2.24) is 0 Å². The summed E-state index contributed by atoms with van der Waals surface area (Å²) >= 11 is 14.8. The van der Waals surface area contributed by atoms with E-state index in [-0.39, 0.29) is 20.6 Å². The van der Waals surface area contributed by atoms with Crippen molar-refractivity contribution in [3.63, 3.8) is 0 Å². The lowest BCUT2D eigenvalue weighted by atomic mass is 10.3. The molecule has 2 aromatic carbocycles. The van der Waals surface area contributed by atoms with Crippen molar-refractivity contribution in [1.29, 1.82) is 0 Å². The van der Waals surface area contributed by atoms with E-state index in [4.69, 9.17) is 23.2 Å². The maximum Gasteiger partial charge on any atom is 0.289 e. The normalized spacial score (nSPS) is 11.2. The van der Waals surface area contributed by atoms with Crippen molar-refractivity contribution in [2.45, 2.75) is 4.90 Å². The Bertz CT molecular complexity index is 858. The standard InChI is InChI=1S/C12H7BrCl2N2O4S/c13-7-1-4-11(10(15)5-7)16-22(20,21)8-2-3-9(14)12(6-8)17(18)19/h1-6,16H. The molecule has 0 radical (unpaired) electrons. The van der Waals surface area contributed by atoms with Crippen LogP contribution in [0.4, 0.5) is 11.4 Å². The van der Waals surface area contributed by atoms with Crippen LogP contribution in [0.1, 0.15) is 0 Å².